The lowest BCUT2D eigenvalue weighted by Gasteiger charge is -2.38. The fourth-order valence-corrected chi connectivity index (χ4v) is 7.16. The van der Waals surface area contributed by atoms with Crippen molar-refractivity contribution in [2.75, 3.05) is 13.2 Å². The molecule has 0 unspecified atom stereocenters. The van der Waals surface area contributed by atoms with Gasteiger partial charge in [-0.15, -0.1) is 0 Å². The smallest absolute Gasteiger partial charge is 0.303 e. The number of allylic oxidation sites excluding steroid dienone is 2. The summed E-state index contributed by atoms with van der Waals surface area (Å²) in [7, 11) is 0. The molecule has 2 aromatic rings. The van der Waals surface area contributed by atoms with Crippen LogP contribution in [0.15, 0.2) is 65.8 Å². The molecule has 5 atom stereocenters. The Hall–Kier alpha value is -3.49. The monoisotopic (exact) mass is 733 g/mol. The lowest BCUT2D eigenvalue weighted by Crippen LogP contribution is -2.54. The number of aliphatic hydroxyl groups excluding tert-OH is 4. The molecule has 1 heterocycles. The molecule has 9 nitrogen and oxygen atoms in total. The van der Waals surface area contributed by atoms with Gasteiger partial charge in [-0.05, 0) is 97.9 Å². The lowest BCUT2D eigenvalue weighted by molar-refractivity contribution is -0.137. The SMILES string of the molecule is CCCCC[C@H](O)C=CC1=C(C[C@H](O)CO)[C@H](CCCCCCC(=O)O)N[C@@H]([C@@](C)(O)Cc2ccc(O)cc2CCO)CC#Cc2ccccc2CC1. The number of benzene rings is 2. The van der Waals surface area contributed by atoms with Crippen molar-refractivity contribution in [2.24, 2.45) is 0 Å². The summed E-state index contributed by atoms with van der Waals surface area (Å²) < 4.78 is 0. The highest BCUT2D eigenvalue weighted by Gasteiger charge is 2.35. The van der Waals surface area contributed by atoms with Crippen molar-refractivity contribution in [1.29, 1.82) is 0 Å². The Morgan fingerprint density at radius 2 is 1.79 bits per heavy atom. The van der Waals surface area contributed by atoms with Gasteiger partial charge in [0.05, 0.1) is 24.4 Å². The number of aliphatic hydroxyl groups is 5. The molecule has 0 saturated heterocycles. The number of phenolic OH excluding ortho intramolecular Hbond substituents is 1. The van der Waals surface area contributed by atoms with Crippen LogP contribution in [0.5, 0.6) is 5.75 Å². The number of carboxylic acids is 1. The van der Waals surface area contributed by atoms with Crippen molar-refractivity contribution in [3.8, 4) is 17.6 Å². The van der Waals surface area contributed by atoms with Crippen LogP contribution in [0.25, 0.3) is 0 Å². The van der Waals surface area contributed by atoms with E-state index in [-0.39, 0.29) is 37.7 Å². The number of hydrogen-bond donors (Lipinski definition) is 8. The molecule has 0 fully saturated rings. The molecule has 1 aliphatic rings. The molecule has 9 heteroatoms. The van der Waals surface area contributed by atoms with Crippen molar-refractivity contribution in [3.05, 3.63) is 88.0 Å². The highest BCUT2D eigenvalue weighted by molar-refractivity contribution is 5.66. The average Bonchev–Trinajstić information content (AvgIpc) is 3.12. The van der Waals surface area contributed by atoms with Crippen LogP contribution in [0.3, 0.4) is 0 Å². The van der Waals surface area contributed by atoms with E-state index in [1.807, 2.05) is 30.4 Å². The minimum atomic E-state index is -1.36. The normalized spacial score (nSPS) is 19.0. The second-order valence-electron chi connectivity index (χ2n) is 14.8. The first-order valence-electron chi connectivity index (χ1n) is 19.5. The first-order valence-corrected chi connectivity index (χ1v) is 19.5. The van der Waals surface area contributed by atoms with Crippen molar-refractivity contribution in [2.45, 2.75) is 146 Å². The topological polar surface area (TPSA) is 171 Å². The van der Waals surface area contributed by atoms with Crippen LogP contribution >= 0.6 is 0 Å². The quantitative estimate of drug-likeness (QED) is 0.0575. The van der Waals surface area contributed by atoms with E-state index in [1.165, 1.54) is 0 Å². The van der Waals surface area contributed by atoms with Gasteiger partial charge in [-0.1, -0.05) is 93.7 Å². The molecule has 0 spiro atoms. The van der Waals surface area contributed by atoms with E-state index in [1.54, 1.807) is 25.1 Å². The van der Waals surface area contributed by atoms with E-state index in [0.717, 1.165) is 71.9 Å². The highest BCUT2D eigenvalue weighted by Crippen LogP contribution is 2.30. The average molecular weight is 734 g/mol. The number of hydrogen-bond acceptors (Lipinski definition) is 8. The number of rotatable bonds is 21. The molecule has 53 heavy (non-hydrogen) atoms. The Balaban J connectivity index is 2.16. The summed E-state index contributed by atoms with van der Waals surface area (Å²) in [4.78, 5) is 11.1. The third kappa shape index (κ3) is 15.4. The molecule has 0 radical (unpaired) electrons. The van der Waals surface area contributed by atoms with Gasteiger partial charge in [-0.3, -0.25) is 4.79 Å². The molecule has 0 aliphatic carbocycles. The van der Waals surface area contributed by atoms with Gasteiger partial charge in [-0.25, -0.2) is 0 Å². The first kappa shape index (κ1) is 43.9. The minimum Gasteiger partial charge on any atom is -0.508 e. The standard InChI is InChI=1S/C44H63NO8/c1-3-4-7-16-37(48)24-22-34-21-20-33-14-11-10-13-32(33)15-12-18-42(44(2,53)30-36-23-25-38(49)28-35(36)26-27-46)45-41(40(34)29-39(50)31-47)17-8-5-6-9-19-43(51)52/h10-11,13-14,22-25,28,37,39,41-42,45-50,53H,3-9,16-21,26-27,29-31H2,1-2H3,(H,51,52)/t37-,39-,41-,42+,44-/m0/s1. The minimum absolute atomic E-state index is 0.0854. The number of carbonyl (C=O) groups is 1. The largest absolute Gasteiger partial charge is 0.508 e. The Bertz CT molecular complexity index is 1540. The van der Waals surface area contributed by atoms with E-state index in [0.29, 0.717) is 44.9 Å². The molecule has 0 amide bonds. The number of aromatic hydroxyl groups is 1. The predicted octanol–water partition coefficient (Wildman–Crippen LogP) is 5.90. The van der Waals surface area contributed by atoms with E-state index in [2.05, 4.69) is 30.1 Å². The summed E-state index contributed by atoms with van der Waals surface area (Å²) in [6.07, 6.45) is 11.7. The van der Waals surface area contributed by atoms with Gasteiger partial charge in [0.25, 0.3) is 0 Å². The first-order chi connectivity index (χ1) is 25.5. The van der Waals surface area contributed by atoms with Gasteiger partial charge in [0.15, 0.2) is 0 Å². The van der Waals surface area contributed by atoms with Crippen LogP contribution in [0.2, 0.25) is 0 Å². The Kier molecular flexibility index (Phi) is 19.3. The molecule has 0 bridgehead atoms. The fraction of sp³-hybridized carbons (Fsp3) is 0.568. The van der Waals surface area contributed by atoms with E-state index < -0.39 is 36.4 Å². The number of unbranched alkanes of at least 4 members (excludes halogenated alkanes) is 5. The van der Waals surface area contributed by atoms with Crippen LogP contribution in [0, 0.1) is 11.8 Å². The van der Waals surface area contributed by atoms with Gasteiger partial charge >= 0.3 is 5.97 Å². The predicted molar refractivity (Wildman–Crippen MR) is 210 cm³/mol. The van der Waals surface area contributed by atoms with Crippen LogP contribution < -0.4 is 5.32 Å². The maximum Gasteiger partial charge on any atom is 0.303 e. The molecular formula is C44H63NO8. The summed E-state index contributed by atoms with van der Waals surface area (Å²) in [5.41, 5.74) is 4.00. The Morgan fingerprint density at radius 3 is 2.53 bits per heavy atom. The highest BCUT2D eigenvalue weighted by atomic mass is 16.4. The molecule has 292 valence electrons. The summed E-state index contributed by atoms with van der Waals surface area (Å²) >= 11 is 0. The number of aryl methyl sites for hydroxylation is 1. The molecule has 2 aromatic carbocycles. The molecule has 3 rings (SSSR count). The summed E-state index contributed by atoms with van der Waals surface area (Å²) in [6, 6.07) is 12.1. The fourth-order valence-electron chi connectivity index (χ4n) is 7.16. The van der Waals surface area contributed by atoms with Crippen LogP contribution in [0.1, 0.15) is 120 Å². The van der Waals surface area contributed by atoms with Crippen molar-refractivity contribution >= 4 is 5.97 Å². The number of aliphatic carboxylic acids is 1. The lowest BCUT2D eigenvalue weighted by atomic mass is 9.82. The summed E-state index contributed by atoms with van der Waals surface area (Å²) in [5, 5.41) is 77.2. The summed E-state index contributed by atoms with van der Waals surface area (Å²) in [6.45, 7) is 3.36. The zero-order chi connectivity index (χ0) is 38.6. The third-order valence-electron chi connectivity index (χ3n) is 10.2. The van der Waals surface area contributed by atoms with E-state index in [9.17, 15) is 35.4 Å². The molecular weight excluding hydrogens is 670 g/mol. The Morgan fingerprint density at radius 1 is 1.02 bits per heavy atom. The third-order valence-corrected chi connectivity index (χ3v) is 10.2. The second-order valence-corrected chi connectivity index (χ2v) is 14.8. The van der Waals surface area contributed by atoms with Gasteiger partial charge in [0.2, 0.25) is 0 Å². The molecule has 8 N–H and O–H groups in total. The Labute approximate surface area is 316 Å². The number of fused-ring (bicyclic) bond motifs is 1. The van der Waals surface area contributed by atoms with Crippen LogP contribution in [-0.2, 0) is 24.1 Å². The van der Waals surface area contributed by atoms with Crippen LogP contribution in [0.4, 0.5) is 0 Å². The van der Waals surface area contributed by atoms with Gasteiger partial charge < -0.3 is 41.1 Å². The summed E-state index contributed by atoms with van der Waals surface area (Å²) in [5.74, 6) is 5.98. The van der Waals surface area contributed by atoms with Crippen LogP contribution in [-0.4, -0.2) is 84.8 Å². The van der Waals surface area contributed by atoms with Crippen molar-refractivity contribution < 1.29 is 40.5 Å². The van der Waals surface area contributed by atoms with Gasteiger partial charge in [-0.2, -0.15) is 0 Å². The van der Waals surface area contributed by atoms with E-state index in [4.69, 9.17) is 5.11 Å². The molecule has 0 aromatic heterocycles. The number of phenols is 1. The van der Waals surface area contributed by atoms with Crippen molar-refractivity contribution in [3.63, 3.8) is 0 Å². The maximum atomic E-state index is 12.4. The van der Waals surface area contributed by atoms with Gasteiger partial charge in [0.1, 0.15) is 5.75 Å². The van der Waals surface area contributed by atoms with E-state index >= 15 is 0 Å². The van der Waals surface area contributed by atoms with Crippen molar-refractivity contribution in [1.82, 2.24) is 5.32 Å². The number of carboxylic acid groups (broad SMARTS) is 1. The molecule has 0 saturated carbocycles. The zero-order valence-corrected chi connectivity index (χ0v) is 31.8. The van der Waals surface area contributed by atoms with Gasteiger partial charge in [0, 0.05) is 43.5 Å². The maximum absolute atomic E-state index is 12.4. The zero-order valence-electron chi connectivity index (χ0n) is 31.8. The second kappa shape index (κ2) is 23.3. The molecule has 1 aliphatic heterocycles. The number of nitrogens with one attached hydrogen (secondary N) is 1.